The fourth-order valence-electron chi connectivity index (χ4n) is 6.16. The van der Waals surface area contributed by atoms with Gasteiger partial charge >= 0.3 is 0 Å². The third kappa shape index (κ3) is 5.69. The number of carbonyl (C=O) groups is 2. The maximum Gasteiger partial charge on any atom is 0.233 e. The normalized spacial score (nSPS) is 22.5. The molecule has 0 bridgehead atoms. The first-order valence-electron chi connectivity index (χ1n) is 13.6. The van der Waals surface area contributed by atoms with E-state index in [4.69, 9.17) is 0 Å². The maximum atomic E-state index is 13.2. The highest BCUT2D eigenvalue weighted by Gasteiger charge is 2.54. The Morgan fingerprint density at radius 3 is 2.46 bits per heavy atom. The van der Waals surface area contributed by atoms with E-state index in [1.807, 2.05) is 57.2 Å². The van der Waals surface area contributed by atoms with Crippen LogP contribution in [0.5, 0.6) is 5.75 Å². The fourth-order valence-corrected chi connectivity index (χ4v) is 6.16. The van der Waals surface area contributed by atoms with Gasteiger partial charge in [-0.1, -0.05) is 13.0 Å². The average molecular weight is 535 g/mol. The molecule has 1 aliphatic carbocycles. The molecule has 1 fully saturated rings. The van der Waals surface area contributed by atoms with Crippen LogP contribution in [0.4, 0.5) is 0 Å². The summed E-state index contributed by atoms with van der Waals surface area (Å²) >= 11 is 0. The van der Waals surface area contributed by atoms with Gasteiger partial charge in [0.05, 0.1) is 36.8 Å². The van der Waals surface area contributed by atoms with Crippen molar-refractivity contribution in [2.75, 3.05) is 19.8 Å². The van der Waals surface area contributed by atoms with Crippen LogP contribution in [0.2, 0.25) is 0 Å². The number of benzene rings is 1. The van der Waals surface area contributed by atoms with Gasteiger partial charge in [-0.15, -0.1) is 0 Å². The lowest BCUT2D eigenvalue weighted by molar-refractivity contribution is -0.140. The van der Waals surface area contributed by atoms with Crippen molar-refractivity contribution in [1.29, 1.82) is 0 Å². The van der Waals surface area contributed by atoms with Crippen LogP contribution in [0.1, 0.15) is 55.0 Å². The van der Waals surface area contributed by atoms with E-state index in [9.17, 15) is 30.0 Å². The molecule has 0 radical (unpaired) electrons. The number of aryl methyl sites for hydroxylation is 2. The number of aromatic nitrogens is 1. The Kier molecular flexibility index (Phi) is 9.00. The first-order valence-corrected chi connectivity index (χ1v) is 13.6. The van der Waals surface area contributed by atoms with E-state index in [0.717, 1.165) is 28.0 Å². The van der Waals surface area contributed by atoms with Crippen LogP contribution in [0, 0.1) is 31.6 Å². The molecule has 39 heavy (non-hydrogen) atoms. The number of hydrogen-bond donors (Lipinski definition) is 4. The molecule has 0 saturated carbocycles. The number of phenols is 1. The number of pyridine rings is 1. The Labute approximate surface area is 229 Å². The van der Waals surface area contributed by atoms with Crippen LogP contribution in [-0.4, -0.2) is 68.0 Å². The largest absolute Gasteiger partial charge is 0.507 e. The van der Waals surface area contributed by atoms with Gasteiger partial charge in [0.15, 0.2) is 0 Å². The van der Waals surface area contributed by atoms with E-state index in [2.05, 4.69) is 4.98 Å². The number of rotatable bonds is 10. The summed E-state index contributed by atoms with van der Waals surface area (Å²) in [5, 5.41) is 42.2. The van der Waals surface area contributed by atoms with Crippen LogP contribution in [-0.2, 0) is 9.59 Å². The second-order valence-electron chi connectivity index (χ2n) is 10.6. The number of carbonyl (C=O) groups excluding carboxylic acids is 2. The Bertz CT molecular complexity index is 1260. The van der Waals surface area contributed by atoms with Crippen molar-refractivity contribution in [3.8, 4) is 5.75 Å². The number of amides is 2. The van der Waals surface area contributed by atoms with Gasteiger partial charge in [-0.05, 0) is 103 Å². The molecular formula is C31H38N2O6. The molecule has 4 rings (SSSR count). The molecule has 2 aromatic rings. The number of hydrogen-bond acceptors (Lipinski definition) is 7. The van der Waals surface area contributed by atoms with Gasteiger partial charge in [0, 0.05) is 18.7 Å². The molecule has 2 amide bonds. The topological polar surface area (TPSA) is 131 Å². The number of aliphatic hydroxyl groups is 3. The minimum atomic E-state index is -1.02. The number of imide groups is 1. The van der Waals surface area contributed by atoms with E-state index < -0.39 is 30.5 Å². The molecule has 8 nitrogen and oxygen atoms in total. The number of phenolic OH excluding ortho intramolecular Hbond substituents is 1. The summed E-state index contributed by atoms with van der Waals surface area (Å²) in [5.74, 6) is -2.39. The lowest BCUT2D eigenvalue weighted by Crippen LogP contribution is -2.39. The number of allylic oxidation sites excluding steroid dienone is 1. The average Bonchev–Trinajstić information content (AvgIpc) is 3.17. The molecule has 1 aliphatic heterocycles. The van der Waals surface area contributed by atoms with Gasteiger partial charge in [-0.2, -0.15) is 0 Å². The van der Waals surface area contributed by atoms with Gasteiger partial charge in [0.1, 0.15) is 5.75 Å². The molecular weight excluding hydrogens is 496 g/mol. The first kappa shape index (κ1) is 28.7. The van der Waals surface area contributed by atoms with E-state index in [1.165, 1.54) is 4.90 Å². The molecule has 8 heteroatoms. The van der Waals surface area contributed by atoms with Crippen molar-refractivity contribution in [2.45, 2.75) is 52.6 Å². The van der Waals surface area contributed by atoms with Gasteiger partial charge < -0.3 is 20.4 Å². The first-order chi connectivity index (χ1) is 18.7. The highest BCUT2D eigenvalue weighted by molar-refractivity contribution is 6.05. The van der Waals surface area contributed by atoms with Crippen molar-refractivity contribution in [1.82, 2.24) is 9.88 Å². The van der Waals surface area contributed by atoms with Gasteiger partial charge in [-0.3, -0.25) is 19.5 Å². The molecule has 4 N–H and O–H groups in total. The molecule has 2 heterocycles. The van der Waals surface area contributed by atoms with Crippen molar-refractivity contribution in [3.05, 3.63) is 70.1 Å². The Balaban J connectivity index is 1.64. The lowest BCUT2D eigenvalue weighted by Gasteiger charge is -2.36. The summed E-state index contributed by atoms with van der Waals surface area (Å²) in [6, 6.07) is 9.39. The summed E-state index contributed by atoms with van der Waals surface area (Å²) in [7, 11) is 0. The number of likely N-dealkylation sites (tertiary alicyclic amines) is 1. The van der Waals surface area contributed by atoms with Gasteiger partial charge in [0.2, 0.25) is 11.8 Å². The Hall–Kier alpha value is -3.33. The predicted octanol–water partition coefficient (Wildman–Crippen LogP) is 3.40. The summed E-state index contributed by atoms with van der Waals surface area (Å²) < 4.78 is 0. The Morgan fingerprint density at radius 2 is 1.87 bits per heavy atom. The summed E-state index contributed by atoms with van der Waals surface area (Å²) in [5.41, 5.74) is 5.03. The molecule has 4 atom stereocenters. The molecule has 0 unspecified atom stereocenters. The summed E-state index contributed by atoms with van der Waals surface area (Å²) in [6.07, 6.45) is 4.20. The lowest BCUT2D eigenvalue weighted by atomic mass is 9.68. The SMILES string of the molecule is CCCN1C(=O)[C@@H]2[C@@H](CC(CO)=C([C@H](O)CC/C(=C/c3cc(C)c(O)c(C)c3)c3ccccn3)[C@@H]2CO)C1=O. The highest BCUT2D eigenvalue weighted by Crippen LogP contribution is 2.46. The van der Waals surface area contributed by atoms with Crippen LogP contribution < -0.4 is 0 Å². The highest BCUT2D eigenvalue weighted by atomic mass is 16.3. The summed E-state index contributed by atoms with van der Waals surface area (Å²) in [4.78, 5) is 31.9. The molecule has 1 aromatic heterocycles. The standard InChI is InChI=1S/C31H38N2O6/c1-4-11-33-30(38)23-15-22(16-34)27(24(17-35)28(23)31(33)39)26(36)9-8-21(25-7-5-6-10-32-25)14-20-12-18(2)29(37)19(3)13-20/h5-7,10,12-14,23-24,26,28,34-37H,4,8-9,11,15-17H2,1-3H3/b21-14-/t23-,24+,26-,28-/m1/s1. The van der Waals surface area contributed by atoms with Crippen LogP contribution in [0.25, 0.3) is 11.6 Å². The number of fused-ring (bicyclic) bond motifs is 1. The maximum absolute atomic E-state index is 13.2. The minimum Gasteiger partial charge on any atom is -0.507 e. The monoisotopic (exact) mass is 534 g/mol. The van der Waals surface area contributed by atoms with Crippen molar-refractivity contribution in [3.63, 3.8) is 0 Å². The van der Waals surface area contributed by atoms with E-state index in [0.29, 0.717) is 30.5 Å². The minimum absolute atomic E-state index is 0.198. The predicted molar refractivity (Wildman–Crippen MR) is 148 cm³/mol. The molecule has 1 saturated heterocycles. The Morgan fingerprint density at radius 1 is 1.15 bits per heavy atom. The van der Waals surface area contributed by atoms with Gasteiger partial charge in [-0.25, -0.2) is 0 Å². The van der Waals surface area contributed by atoms with E-state index in [1.54, 1.807) is 6.20 Å². The van der Waals surface area contributed by atoms with Crippen LogP contribution in [0.3, 0.4) is 0 Å². The van der Waals surface area contributed by atoms with Crippen molar-refractivity contribution >= 4 is 23.5 Å². The molecule has 1 aromatic carbocycles. The quantitative estimate of drug-likeness (QED) is 0.271. The second kappa shape index (κ2) is 12.2. The second-order valence-corrected chi connectivity index (χ2v) is 10.6. The number of aliphatic hydroxyl groups excluding tert-OH is 3. The zero-order valence-electron chi connectivity index (χ0n) is 22.8. The third-order valence-corrected chi connectivity index (χ3v) is 8.00. The number of aromatic hydroxyl groups is 1. The van der Waals surface area contributed by atoms with Crippen molar-refractivity contribution in [2.24, 2.45) is 17.8 Å². The smallest absolute Gasteiger partial charge is 0.233 e. The van der Waals surface area contributed by atoms with Crippen molar-refractivity contribution < 1.29 is 30.0 Å². The van der Waals surface area contributed by atoms with Crippen LogP contribution in [0.15, 0.2) is 47.7 Å². The number of nitrogens with zero attached hydrogens (tertiary/aromatic N) is 2. The molecule has 0 spiro atoms. The van der Waals surface area contributed by atoms with Gasteiger partial charge in [0.25, 0.3) is 0 Å². The van der Waals surface area contributed by atoms with E-state index >= 15 is 0 Å². The van der Waals surface area contributed by atoms with Crippen LogP contribution >= 0.6 is 0 Å². The summed E-state index contributed by atoms with van der Waals surface area (Å²) in [6.45, 7) is 5.15. The zero-order valence-corrected chi connectivity index (χ0v) is 22.8. The fraction of sp³-hybridized carbons (Fsp3) is 0.452. The molecule has 208 valence electrons. The molecule has 2 aliphatic rings. The zero-order chi connectivity index (χ0) is 28.3. The third-order valence-electron chi connectivity index (χ3n) is 8.00. The van der Waals surface area contributed by atoms with E-state index in [-0.39, 0.29) is 37.0 Å².